The van der Waals surface area contributed by atoms with E-state index in [4.69, 9.17) is 0 Å². The highest BCUT2D eigenvalue weighted by Gasteiger charge is 2.29. The van der Waals surface area contributed by atoms with Gasteiger partial charge in [0.15, 0.2) is 0 Å². The van der Waals surface area contributed by atoms with Crippen LogP contribution in [0.4, 0.5) is 0 Å². The third-order valence-electron chi connectivity index (χ3n) is 3.15. The van der Waals surface area contributed by atoms with Gasteiger partial charge in [0.1, 0.15) is 10.3 Å². The van der Waals surface area contributed by atoms with Crippen LogP contribution >= 0.6 is 15.9 Å². The number of aromatic amines is 1. The summed E-state index contributed by atoms with van der Waals surface area (Å²) in [5.41, 5.74) is 2.68. The molecule has 92 valence electrons. The lowest BCUT2D eigenvalue weighted by Gasteiger charge is -2.07. The van der Waals surface area contributed by atoms with Crippen LogP contribution in [0.2, 0.25) is 0 Å². The van der Waals surface area contributed by atoms with Crippen molar-refractivity contribution in [3.8, 4) is 11.4 Å². The monoisotopic (exact) mass is 305 g/mol. The van der Waals surface area contributed by atoms with Gasteiger partial charge in [-0.3, -0.25) is 9.78 Å². The Morgan fingerprint density at radius 1 is 1.44 bits per heavy atom. The lowest BCUT2D eigenvalue weighted by Crippen LogP contribution is -2.13. The molecule has 0 unspecified atom stereocenters. The van der Waals surface area contributed by atoms with E-state index in [1.165, 1.54) is 0 Å². The van der Waals surface area contributed by atoms with Crippen molar-refractivity contribution < 1.29 is 0 Å². The van der Waals surface area contributed by atoms with Crippen molar-refractivity contribution in [3.05, 3.63) is 44.5 Å². The Morgan fingerprint density at radius 3 is 2.89 bits per heavy atom. The van der Waals surface area contributed by atoms with Gasteiger partial charge in [0, 0.05) is 23.9 Å². The first-order chi connectivity index (χ1) is 8.66. The molecule has 1 aliphatic rings. The molecule has 0 spiro atoms. The third-order valence-corrected chi connectivity index (χ3v) is 3.91. The van der Waals surface area contributed by atoms with E-state index in [-0.39, 0.29) is 5.56 Å². The summed E-state index contributed by atoms with van der Waals surface area (Å²) in [4.78, 5) is 23.4. The molecule has 1 N–H and O–H groups in total. The molecular formula is C13H12BrN3O. The van der Waals surface area contributed by atoms with Crippen LogP contribution in [0.25, 0.3) is 11.4 Å². The topological polar surface area (TPSA) is 58.6 Å². The highest BCUT2D eigenvalue weighted by molar-refractivity contribution is 9.10. The minimum absolute atomic E-state index is 0.120. The van der Waals surface area contributed by atoms with Crippen molar-refractivity contribution in [1.82, 2.24) is 15.0 Å². The Labute approximate surface area is 113 Å². The first-order valence-electron chi connectivity index (χ1n) is 5.87. The van der Waals surface area contributed by atoms with Gasteiger partial charge in [0.05, 0.1) is 5.69 Å². The molecule has 0 bridgehead atoms. The molecule has 1 fully saturated rings. The number of pyridine rings is 1. The Kier molecular flexibility index (Phi) is 2.78. The van der Waals surface area contributed by atoms with Gasteiger partial charge in [-0.05, 0) is 47.3 Å². The van der Waals surface area contributed by atoms with Crippen molar-refractivity contribution in [1.29, 1.82) is 0 Å². The maximum Gasteiger partial charge on any atom is 0.265 e. The van der Waals surface area contributed by atoms with E-state index < -0.39 is 0 Å². The maximum atomic E-state index is 11.9. The maximum absolute atomic E-state index is 11.9. The van der Waals surface area contributed by atoms with Crippen molar-refractivity contribution >= 4 is 15.9 Å². The summed E-state index contributed by atoms with van der Waals surface area (Å²) in [5, 5.41) is 0. The quantitative estimate of drug-likeness (QED) is 0.928. The number of hydrogen-bond acceptors (Lipinski definition) is 3. The van der Waals surface area contributed by atoms with Crippen molar-refractivity contribution in [2.45, 2.75) is 25.7 Å². The first-order valence-corrected chi connectivity index (χ1v) is 6.67. The number of nitrogens with one attached hydrogen (secondary N) is 1. The SMILES string of the molecule is Cc1ccncc1-c1nc(C2CC2)c(Br)c(=O)[nH]1. The molecule has 4 nitrogen and oxygen atoms in total. The van der Waals surface area contributed by atoms with E-state index in [0.717, 1.165) is 29.7 Å². The zero-order chi connectivity index (χ0) is 12.7. The van der Waals surface area contributed by atoms with E-state index in [9.17, 15) is 4.79 Å². The molecule has 1 saturated carbocycles. The van der Waals surface area contributed by atoms with Gasteiger partial charge in [-0.15, -0.1) is 0 Å². The number of H-pyrrole nitrogens is 1. The van der Waals surface area contributed by atoms with E-state index in [1.807, 2.05) is 13.0 Å². The van der Waals surface area contributed by atoms with Gasteiger partial charge in [0.2, 0.25) is 0 Å². The summed E-state index contributed by atoms with van der Waals surface area (Å²) >= 11 is 3.32. The van der Waals surface area contributed by atoms with Gasteiger partial charge >= 0.3 is 0 Å². The molecule has 0 saturated heterocycles. The summed E-state index contributed by atoms with van der Waals surface area (Å²) in [6.45, 7) is 1.98. The second kappa shape index (κ2) is 4.31. The minimum Gasteiger partial charge on any atom is -0.305 e. The molecule has 2 aromatic rings. The predicted octanol–water partition coefficient (Wildman–Crippen LogP) is 2.78. The molecule has 0 aliphatic heterocycles. The second-order valence-corrected chi connectivity index (χ2v) is 5.37. The van der Waals surface area contributed by atoms with Crippen LogP contribution in [0.15, 0.2) is 27.7 Å². The zero-order valence-electron chi connectivity index (χ0n) is 9.90. The fourth-order valence-corrected chi connectivity index (χ4v) is 2.45. The fourth-order valence-electron chi connectivity index (χ4n) is 1.94. The molecule has 1 aliphatic carbocycles. The van der Waals surface area contributed by atoms with Gasteiger partial charge in [-0.25, -0.2) is 4.98 Å². The van der Waals surface area contributed by atoms with Crippen LogP contribution in [0.3, 0.4) is 0 Å². The molecule has 0 atom stereocenters. The number of hydrogen-bond donors (Lipinski definition) is 1. The van der Waals surface area contributed by atoms with Gasteiger partial charge < -0.3 is 4.98 Å². The lowest BCUT2D eigenvalue weighted by molar-refractivity contribution is 0.957. The molecule has 18 heavy (non-hydrogen) atoms. The summed E-state index contributed by atoms with van der Waals surface area (Å²) in [5.74, 6) is 1.04. The second-order valence-electron chi connectivity index (χ2n) is 4.58. The normalized spacial score (nSPS) is 14.8. The average molecular weight is 306 g/mol. The van der Waals surface area contributed by atoms with E-state index in [1.54, 1.807) is 12.4 Å². The molecule has 5 heteroatoms. The molecule has 0 radical (unpaired) electrons. The van der Waals surface area contributed by atoms with Crippen LogP contribution < -0.4 is 5.56 Å². The smallest absolute Gasteiger partial charge is 0.265 e. The number of nitrogens with zero attached hydrogens (tertiary/aromatic N) is 2. The van der Waals surface area contributed by atoms with E-state index in [2.05, 4.69) is 30.9 Å². The number of aryl methyl sites for hydroxylation is 1. The average Bonchev–Trinajstić information content (AvgIpc) is 3.17. The number of rotatable bonds is 2. The van der Waals surface area contributed by atoms with Crippen LogP contribution in [0.1, 0.15) is 30.0 Å². The Morgan fingerprint density at radius 2 is 2.22 bits per heavy atom. The lowest BCUT2D eigenvalue weighted by atomic mass is 10.1. The molecule has 2 heterocycles. The van der Waals surface area contributed by atoms with Crippen LogP contribution in [0.5, 0.6) is 0 Å². The third kappa shape index (κ3) is 1.99. The summed E-state index contributed by atoms with van der Waals surface area (Å²) in [7, 11) is 0. The van der Waals surface area contributed by atoms with Crippen LogP contribution in [0, 0.1) is 6.92 Å². The minimum atomic E-state index is -0.120. The van der Waals surface area contributed by atoms with Gasteiger partial charge in [-0.1, -0.05) is 0 Å². The fraction of sp³-hybridized carbons (Fsp3) is 0.308. The Hall–Kier alpha value is -1.49. The molecule has 0 amide bonds. The zero-order valence-corrected chi connectivity index (χ0v) is 11.5. The Balaban J connectivity index is 2.19. The number of aromatic nitrogens is 3. The Bertz CT molecular complexity index is 662. The molecular weight excluding hydrogens is 294 g/mol. The first kappa shape index (κ1) is 11.6. The number of halogens is 1. The summed E-state index contributed by atoms with van der Waals surface area (Å²) in [6, 6.07) is 1.91. The van der Waals surface area contributed by atoms with Crippen LogP contribution in [-0.2, 0) is 0 Å². The van der Waals surface area contributed by atoms with Crippen molar-refractivity contribution in [2.75, 3.05) is 0 Å². The van der Waals surface area contributed by atoms with E-state index >= 15 is 0 Å². The van der Waals surface area contributed by atoms with Gasteiger partial charge in [0.25, 0.3) is 5.56 Å². The highest BCUT2D eigenvalue weighted by atomic mass is 79.9. The van der Waals surface area contributed by atoms with Crippen molar-refractivity contribution in [3.63, 3.8) is 0 Å². The molecule has 0 aromatic carbocycles. The van der Waals surface area contributed by atoms with E-state index in [0.29, 0.717) is 16.2 Å². The van der Waals surface area contributed by atoms with Crippen molar-refractivity contribution in [2.24, 2.45) is 0 Å². The summed E-state index contributed by atoms with van der Waals surface area (Å²) in [6.07, 6.45) is 5.69. The molecule has 3 rings (SSSR count). The van der Waals surface area contributed by atoms with Gasteiger partial charge in [-0.2, -0.15) is 0 Å². The largest absolute Gasteiger partial charge is 0.305 e. The summed E-state index contributed by atoms with van der Waals surface area (Å²) < 4.78 is 0.565. The standard InChI is InChI=1S/C13H12BrN3O/c1-7-4-5-15-6-9(7)12-16-11(8-2-3-8)10(14)13(18)17-12/h4-6,8H,2-3H2,1H3,(H,16,17,18). The highest BCUT2D eigenvalue weighted by Crippen LogP contribution is 2.41. The predicted molar refractivity (Wildman–Crippen MR) is 72.5 cm³/mol. The molecule has 2 aromatic heterocycles. The van der Waals surface area contributed by atoms with Crippen LogP contribution in [-0.4, -0.2) is 15.0 Å².